The van der Waals surface area contributed by atoms with Crippen LogP contribution in [-0.4, -0.2) is 29.3 Å². The molecule has 0 atom stereocenters. The van der Waals surface area contributed by atoms with Crippen molar-refractivity contribution in [3.63, 3.8) is 0 Å². The highest BCUT2D eigenvalue weighted by atomic mass is 15.6. The predicted molar refractivity (Wildman–Crippen MR) is 59.4 cm³/mol. The van der Waals surface area contributed by atoms with Crippen LogP contribution in [0.3, 0.4) is 0 Å². The van der Waals surface area contributed by atoms with E-state index in [0.29, 0.717) is 0 Å². The van der Waals surface area contributed by atoms with E-state index in [4.69, 9.17) is 0 Å². The van der Waals surface area contributed by atoms with Crippen molar-refractivity contribution in [3.8, 4) is 0 Å². The van der Waals surface area contributed by atoms with Gasteiger partial charge in [-0.25, -0.2) is 9.66 Å². The molecule has 1 fully saturated rings. The SMILES string of the molecule is c1nc2c(n1N1CCCCC1)CCNC2. The summed E-state index contributed by atoms with van der Waals surface area (Å²) in [7, 11) is 0. The Bertz CT molecular complexity index is 338. The van der Waals surface area contributed by atoms with Gasteiger partial charge in [-0.05, 0) is 19.3 Å². The smallest absolute Gasteiger partial charge is 0.115 e. The van der Waals surface area contributed by atoms with Crippen molar-refractivity contribution in [2.45, 2.75) is 32.2 Å². The second-order valence-electron chi connectivity index (χ2n) is 4.42. The van der Waals surface area contributed by atoms with Crippen molar-refractivity contribution in [2.24, 2.45) is 0 Å². The Kier molecular flexibility index (Phi) is 2.37. The van der Waals surface area contributed by atoms with Crippen LogP contribution in [0.2, 0.25) is 0 Å². The molecule has 0 saturated carbocycles. The maximum atomic E-state index is 4.49. The van der Waals surface area contributed by atoms with Gasteiger partial charge in [-0.15, -0.1) is 0 Å². The molecule has 0 radical (unpaired) electrons. The van der Waals surface area contributed by atoms with Gasteiger partial charge in [0.2, 0.25) is 0 Å². The van der Waals surface area contributed by atoms with E-state index in [0.717, 1.165) is 19.5 Å². The van der Waals surface area contributed by atoms with Gasteiger partial charge in [0.05, 0.1) is 11.4 Å². The van der Waals surface area contributed by atoms with Crippen molar-refractivity contribution in [1.82, 2.24) is 15.0 Å². The molecule has 4 heteroatoms. The van der Waals surface area contributed by atoms with Gasteiger partial charge in [-0.1, -0.05) is 0 Å². The van der Waals surface area contributed by atoms with Gasteiger partial charge in [0.25, 0.3) is 0 Å². The van der Waals surface area contributed by atoms with Gasteiger partial charge >= 0.3 is 0 Å². The predicted octanol–water partition coefficient (Wildman–Crippen LogP) is 0.651. The van der Waals surface area contributed by atoms with Gasteiger partial charge in [-0.2, -0.15) is 0 Å². The van der Waals surface area contributed by atoms with Crippen LogP contribution in [0.4, 0.5) is 0 Å². The number of fused-ring (bicyclic) bond motifs is 1. The molecular weight excluding hydrogens is 188 g/mol. The summed E-state index contributed by atoms with van der Waals surface area (Å²) in [5, 5.41) is 5.81. The zero-order valence-electron chi connectivity index (χ0n) is 9.08. The number of hydrogen-bond acceptors (Lipinski definition) is 3. The zero-order valence-corrected chi connectivity index (χ0v) is 9.08. The number of hydrogen-bond donors (Lipinski definition) is 1. The van der Waals surface area contributed by atoms with Gasteiger partial charge in [0, 0.05) is 32.6 Å². The molecule has 3 heterocycles. The van der Waals surface area contributed by atoms with E-state index in [-0.39, 0.29) is 0 Å². The fourth-order valence-corrected chi connectivity index (χ4v) is 2.56. The second-order valence-corrected chi connectivity index (χ2v) is 4.42. The molecular formula is C11H18N4. The second kappa shape index (κ2) is 3.85. The largest absolute Gasteiger partial charge is 0.312 e. The first-order valence-corrected chi connectivity index (χ1v) is 5.96. The Labute approximate surface area is 90.3 Å². The lowest BCUT2D eigenvalue weighted by Gasteiger charge is -2.31. The number of rotatable bonds is 1. The summed E-state index contributed by atoms with van der Waals surface area (Å²) in [5.74, 6) is 0. The average molecular weight is 206 g/mol. The van der Waals surface area contributed by atoms with Crippen molar-refractivity contribution in [3.05, 3.63) is 17.7 Å². The Morgan fingerprint density at radius 1 is 1.20 bits per heavy atom. The minimum Gasteiger partial charge on any atom is -0.312 e. The first kappa shape index (κ1) is 9.21. The third-order valence-electron chi connectivity index (χ3n) is 3.40. The molecule has 0 spiro atoms. The average Bonchev–Trinajstić information content (AvgIpc) is 2.74. The lowest BCUT2D eigenvalue weighted by molar-refractivity contribution is 0.463. The quantitative estimate of drug-likeness (QED) is 0.732. The molecule has 1 aromatic rings. The molecule has 0 amide bonds. The topological polar surface area (TPSA) is 33.1 Å². The van der Waals surface area contributed by atoms with E-state index in [1.807, 2.05) is 6.33 Å². The van der Waals surface area contributed by atoms with E-state index in [9.17, 15) is 0 Å². The van der Waals surface area contributed by atoms with Gasteiger partial charge in [-0.3, -0.25) is 0 Å². The molecule has 2 aliphatic heterocycles. The van der Waals surface area contributed by atoms with E-state index in [1.54, 1.807) is 0 Å². The van der Waals surface area contributed by atoms with Crippen molar-refractivity contribution < 1.29 is 0 Å². The summed E-state index contributed by atoms with van der Waals surface area (Å²) in [6, 6.07) is 0. The summed E-state index contributed by atoms with van der Waals surface area (Å²) >= 11 is 0. The highest BCUT2D eigenvalue weighted by Crippen LogP contribution is 2.15. The minimum absolute atomic E-state index is 0.941. The Balaban J connectivity index is 1.87. The Hall–Kier alpha value is -1.03. The molecule has 15 heavy (non-hydrogen) atoms. The lowest BCUT2D eigenvalue weighted by atomic mass is 10.1. The van der Waals surface area contributed by atoms with Crippen LogP contribution < -0.4 is 10.3 Å². The zero-order chi connectivity index (χ0) is 10.1. The summed E-state index contributed by atoms with van der Waals surface area (Å²) in [5.41, 5.74) is 2.67. The van der Waals surface area contributed by atoms with Crippen molar-refractivity contribution >= 4 is 0 Å². The van der Waals surface area contributed by atoms with Gasteiger partial charge < -0.3 is 10.3 Å². The van der Waals surface area contributed by atoms with Crippen molar-refractivity contribution in [2.75, 3.05) is 24.6 Å². The number of aromatic nitrogens is 2. The van der Waals surface area contributed by atoms with Gasteiger partial charge in [0.15, 0.2) is 0 Å². The van der Waals surface area contributed by atoms with Gasteiger partial charge in [0.1, 0.15) is 6.33 Å². The molecule has 0 aromatic carbocycles. The molecule has 1 aromatic heterocycles. The van der Waals surface area contributed by atoms with E-state index >= 15 is 0 Å². The molecule has 1 N–H and O–H groups in total. The standard InChI is InChI=1S/C11H18N4/c1-2-6-14(7-3-1)15-9-13-10-8-12-5-4-11(10)15/h9,12H,1-8H2. The van der Waals surface area contributed by atoms with Crippen LogP contribution in [0.15, 0.2) is 6.33 Å². The monoisotopic (exact) mass is 206 g/mol. The van der Waals surface area contributed by atoms with Crippen LogP contribution in [0.5, 0.6) is 0 Å². The number of piperidine rings is 1. The normalized spacial score (nSPS) is 21.5. The third kappa shape index (κ3) is 1.63. The summed E-state index contributed by atoms with van der Waals surface area (Å²) in [6.07, 6.45) is 7.15. The number of nitrogens with zero attached hydrogens (tertiary/aromatic N) is 3. The lowest BCUT2D eigenvalue weighted by Crippen LogP contribution is -2.40. The van der Waals surface area contributed by atoms with Crippen LogP contribution in [-0.2, 0) is 13.0 Å². The molecule has 3 rings (SSSR count). The number of nitrogens with one attached hydrogen (secondary N) is 1. The Morgan fingerprint density at radius 3 is 2.93 bits per heavy atom. The summed E-state index contributed by atoms with van der Waals surface area (Å²) < 4.78 is 2.30. The maximum absolute atomic E-state index is 4.49. The maximum Gasteiger partial charge on any atom is 0.115 e. The first-order chi connectivity index (χ1) is 7.45. The third-order valence-corrected chi connectivity index (χ3v) is 3.40. The minimum atomic E-state index is 0.941. The van der Waals surface area contributed by atoms with Crippen molar-refractivity contribution in [1.29, 1.82) is 0 Å². The van der Waals surface area contributed by atoms with Crippen LogP contribution in [0.1, 0.15) is 30.7 Å². The molecule has 4 nitrogen and oxygen atoms in total. The fraction of sp³-hybridized carbons (Fsp3) is 0.727. The number of imidazole rings is 1. The highest BCUT2D eigenvalue weighted by Gasteiger charge is 2.19. The molecule has 2 aliphatic rings. The van der Waals surface area contributed by atoms with Crippen LogP contribution in [0, 0.1) is 0 Å². The molecule has 0 unspecified atom stereocenters. The van der Waals surface area contributed by atoms with E-state index in [1.165, 1.54) is 43.7 Å². The van der Waals surface area contributed by atoms with Crippen LogP contribution >= 0.6 is 0 Å². The molecule has 82 valence electrons. The van der Waals surface area contributed by atoms with Crippen LogP contribution in [0.25, 0.3) is 0 Å². The molecule has 0 bridgehead atoms. The van der Waals surface area contributed by atoms with E-state index < -0.39 is 0 Å². The Morgan fingerprint density at radius 2 is 2.07 bits per heavy atom. The molecule has 0 aliphatic carbocycles. The first-order valence-electron chi connectivity index (χ1n) is 5.96. The molecule has 1 saturated heterocycles. The highest BCUT2D eigenvalue weighted by molar-refractivity contribution is 5.18. The summed E-state index contributed by atoms with van der Waals surface area (Å²) in [4.78, 5) is 4.49. The summed E-state index contributed by atoms with van der Waals surface area (Å²) in [6.45, 7) is 4.41. The fourth-order valence-electron chi connectivity index (χ4n) is 2.56. The van der Waals surface area contributed by atoms with E-state index in [2.05, 4.69) is 20.0 Å².